The zero-order valence-corrected chi connectivity index (χ0v) is 19.9. The van der Waals surface area contributed by atoms with Crippen LogP contribution in [-0.2, 0) is 33.9 Å². The molecule has 0 radical (unpaired) electrons. The summed E-state index contributed by atoms with van der Waals surface area (Å²) >= 11 is 0. The molecule has 4 heteroatoms. The normalized spacial score (nSPS) is 25.6. The van der Waals surface area contributed by atoms with E-state index in [2.05, 4.69) is 45.0 Å². The van der Waals surface area contributed by atoms with Crippen molar-refractivity contribution < 1.29 is 19.0 Å². The van der Waals surface area contributed by atoms with E-state index >= 15 is 0 Å². The summed E-state index contributed by atoms with van der Waals surface area (Å²) in [6.45, 7) is 8.47. The number of benzene rings is 2. The van der Waals surface area contributed by atoms with Gasteiger partial charge >= 0.3 is 5.97 Å². The van der Waals surface area contributed by atoms with Crippen molar-refractivity contribution >= 4 is 5.97 Å². The Kier molecular flexibility index (Phi) is 6.62. The van der Waals surface area contributed by atoms with Crippen LogP contribution in [0, 0.1) is 16.7 Å². The second kappa shape index (κ2) is 9.27. The quantitative estimate of drug-likeness (QED) is 0.445. The first-order valence-electron chi connectivity index (χ1n) is 11.8. The largest absolute Gasteiger partial charge is 0.489 e. The maximum atomic E-state index is 11.3. The number of esters is 1. The Morgan fingerprint density at radius 1 is 1.00 bits per heavy atom. The van der Waals surface area contributed by atoms with Gasteiger partial charge in [-0.05, 0) is 71.3 Å². The highest BCUT2D eigenvalue weighted by molar-refractivity contribution is 5.69. The van der Waals surface area contributed by atoms with Crippen LogP contribution in [-0.4, -0.2) is 19.2 Å². The minimum Gasteiger partial charge on any atom is -0.489 e. The van der Waals surface area contributed by atoms with Gasteiger partial charge in [0.15, 0.2) is 0 Å². The molecule has 32 heavy (non-hydrogen) atoms. The Labute approximate surface area is 192 Å². The van der Waals surface area contributed by atoms with Crippen molar-refractivity contribution in [2.75, 3.05) is 7.11 Å². The summed E-state index contributed by atoms with van der Waals surface area (Å²) in [5, 5.41) is 0. The van der Waals surface area contributed by atoms with E-state index in [9.17, 15) is 4.79 Å². The second-order valence-corrected chi connectivity index (χ2v) is 10.2. The summed E-state index contributed by atoms with van der Waals surface area (Å²) in [7, 11) is 1.42. The molecule has 0 aromatic heterocycles. The molecule has 172 valence electrons. The molecule has 0 aliphatic heterocycles. The molecule has 4 nitrogen and oxygen atoms in total. The molecule has 3 atom stereocenters. The lowest BCUT2D eigenvalue weighted by Crippen LogP contribution is -2.37. The summed E-state index contributed by atoms with van der Waals surface area (Å²) in [4.78, 5) is 11.3. The van der Waals surface area contributed by atoms with E-state index in [1.165, 1.54) is 31.9 Å². The molecular weight excluding hydrogens is 400 g/mol. The smallest absolute Gasteiger partial charge is 0.305 e. The monoisotopic (exact) mass is 436 g/mol. The zero-order valence-electron chi connectivity index (χ0n) is 19.9. The van der Waals surface area contributed by atoms with Crippen LogP contribution in [0.15, 0.2) is 48.5 Å². The fourth-order valence-electron chi connectivity index (χ4n) is 5.62. The van der Waals surface area contributed by atoms with Crippen molar-refractivity contribution in [3.63, 3.8) is 0 Å². The van der Waals surface area contributed by atoms with Crippen LogP contribution in [0.2, 0.25) is 0 Å². The third-order valence-electron chi connectivity index (χ3n) is 8.34. The van der Waals surface area contributed by atoms with E-state index in [4.69, 9.17) is 14.2 Å². The second-order valence-electron chi connectivity index (χ2n) is 10.2. The number of ether oxygens (including phenoxy) is 3. The number of carbonyl (C=O) groups is 1. The number of methoxy groups -OCH3 is 1. The first-order valence-corrected chi connectivity index (χ1v) is 11.8. The lowest BCUT2D eigenvalue weighted by molar-refractivity contribution is -0.140. The fraction of sp³-hybridized carbons (Fsp3) is 0.536. The average molecular weight is 437 g/mol. The minimum atomic E-state index is -0.196. The van der Waals surface area contributed by atoms with Crippen molar-refractivity contribution in [3.05, 3.63) is 65.2 Å². The summed E-state index contributed by atoms with van der Waals surface area (Å²) in [5.41, 5.74) is 4.09. The molecule has 0 heterocycles. The SMILES string of the molecule is COC(=O)CCc1cccc(OCc2ccc(CO[C@@H]3C[C@@H]4CC[C@@]3(C)C4(C)C)cc2)c1. The molecule has 0 unspecified atom stereocenters. The number of fused-ring (bicyclic) bond motifs is 2. The topological polar surface area (TPSA) is 44.8 Å². The van der Waals surface area contributed by atoms with Crippen LogP contribution in [0.5, 0.6) is 5.75 Å². The van der Waals surface area contributed by atoms with Crippen molar-refractivity contribution in [2.45, 2.75) is 72.2 Å². The van der Waals surface area contributed by atoms with Gasteiger partial charge in [0.1, 0.15) is 12.4 Å². The van der Waals surface area contributed by atoms with Gasteiger partial charge in [0, 0.05) is 6.42 Å². The highest BCUT2D eigenvalue weighted by Gasteiger charge is 2.61. The molecule has 0 N–H and O–H groups in total. The average Bonchev–Trinajstić information content (AvgIpc) is 3.14. The van der Waals surface area contributed by atoms with E-state index in [0.29, 0.717) is 43.0 Å². The van der Waals surface area contributed by atoms with Crippen LogP contribution in [0.3, 0.4) is 0 Å². The maximum absolute atomic E-state index is 11.3. The van der Waals surface area contributed by atoms with Gasteiger partial charge in [-0.25, -0.2) is 0 Å². The van der Waals surface area contributed by atoms with Gasteiger partial charge in [-0.3, -0.25) is 4.79 Å². The molecule has 0 amide bonds. The van der Waals surface area contributed by atoms with Crippen LogP contribution >= 0.6 is 0 Å². The lowest BCUT2D eigenvalue weighted by atomic mass is 9.70. The first-order chi connectivity index (χ1) is 15.3. The summed E-state index contributed by atoms with van der Waals surface area (Å²) in [6.07, 6.45) is 5.24. The molecule has 2 aliphatic carbocycles. The Morgan fingerprint density at radius 3 is 2.34 bits per heavy atom. The molecular formula is C28H36O4. The van der Waals surface area contributed by atoms with E-state index in [-0.39, 0.29) is 5.97 Å². The van der Waals surface area contributed by atoms with Crippen molar-refractivity contribution in [3.8, 4) is 5.75 Å². The Balaban J connectivity index is 1.26. The minimum absolute atomic E-state index is 0.196. The van der Waals surface area contributed by atoms with Gasteiger partial charge < -0.3 is 14.2 Å². The fourth-order valence-corrected chi connectivity index (χ4v) is 5.62. The van der Waals surface area contributed by atoms with E-state index in [0.717, 1.165) is 22.8 Å². The zero-order chi connectivity index (χ0) is 22.8. The molecule has 2 aromatic carbocycles. The van der Waals surface area contributed by atoms with E-state index in [1.807, 2.05) is 24.3 Å². The van der Waals surface area contributed by atoms with Crippen molar-refractivity contribution in [2.24, 2.45) is 16.7 Å². The highest BCUT2D eigenvalue weighted by atomic mass is 16.5. The summed E-state index contributed by atoms with van der Waals surface area (Å²) in [5.74, 6) is 1.42. The maximum Gasteiger partial charge on any atom is 0.305 e. The number of rotatable bonds is 9. The van der Waals surface area contributed by atoms with Crippen LogP contribution in [0.1, 0.15) is 63.1 Å². The van der Waals surface area contributed by atoms with E-state index < -0.39 is 0 Å². The Hall–Kier alpha value is -2.33. The number of carbonyl (C=O) groups excluding carboxylic acids is 1. The van der Waals surface area contributed by atoms with E-state index in [1.54, 1.807) is 0 Å². The summed E-state index contributed by atoms with van der Waals surface area (Å²) in [6, 6.07) is 16.4. The third-order valence-corrected chi connectivity index (χ3v) is 8.34. The van der Waals surface area contributed by atoms with Gasteiger partial charge in [0.05, 0.1) is 19.8 Å². The highest BCUT2D eigenvalue weighted by Crippen LogP contribution is 2.66. The third kappa shape index (κ3) is 4.56. The number of hydrogen-bond acceptors (Lipinski definition) is 4. The van der Waals surface area contributed by atoms with Gasteiger partial charge in [0.2, 0.25) is 0 Å². The Morgan fingerprint density at radius 2 is 1.72 bits per heavy atom. The molecule has 4 rings (SSSR count). The summed E-state index contributed by atoms with van der Waals surface area (Å²) < 4.78 is 17.1. The van der Waals surface area contributed by atoms with Crippen molar-refractivity contribution in [1.82, 2.24) is 0 Å². The predicted octanol–water partition coefficient (Wildman–Crippen LogP) is 6.10. The van der Waals surface area contributed by atoms with Crippen LogP contribution in [0.4, 0.5) is 0 Å². The Bertz CT molecular complexity index is 933. The molecule has 2 saturated carbocycles. The van der Waals surface area contributed by atoms with Crippen LogP contribution in [0.25, 0.3) is 0 Å². The van der Waals surface area contributed by atoms with Crippen molar-refractivity contribution in [1.29, 1.82) is 0 Å². The van der Waals surface area contributed by atoms with Gasteiger partial charge in [-0.2, -0.15) is 0 Å². The standard InChI is InChI=1S/C28H36O4/c1-27(2)23-14-15-28(27,3)25(17-23)32-19-22-10-8-21(9-11-22)18-31-24-7-5-6-20(16-24)12-13-26(29)30-4/h5-11,16,23,25H,12-15,17-19H2,1-4H3/t23-,25+,28+/m0/s1. The number of hydrogen-bond donors (Lipinski definition) is 0. The van der Waals surface area contributed by atoms with Gasteiger partial charge in [0.25, 0.3) is 0 Å². The molecule has 2 bridgehead atoms. The first kappa shape index (κ1) is 22.8. The molecule has 0 spiro atoms. The molecule has 2 fully saturated rings. The van der Waals surface area contributed by atoms with Gasteiger partial charge in [-0.15, -0.1) is 0 Å². The van der Waals surface area contributed by atoms with Crippen LogP contribution < -0.4 is 4.74 Å². The molecule has 2 aromatic rings. The number of aryl methyl sites for hydroxylation is 1. The lowest BCUT2D eigenvalue weighted by Gasteiger charge is -2.38. The van der Waals surface area contributed by atoms with Gasteiger partial charge in [-0.1, -0.05) is 57.2 Å². The molecule has 2 aliphatic rings. The molecule has 0 saturated heterocycles. The predicted molar refractivity (Wildman–Crippen MR) is 125 cm³/mol.